The summed E-state index contributed by atoms with van der Waals surface area (Å²) in [5, 5.41) is 7.96. The van der Waals surface area contributed by atoms with E-state index in [9.17, 15) is 0 Å². The zero-order valence-electron chi connectivity index (χ0n) is 10.5. The van der Waals surface area contributed by atoms with Gasteiger partial charge in [0.1, 0.15) is 0 Å². The maximum Gasteiger partial charge on any atom is 0.0666 e. The molecule has 1 aromatic heterocycles. The molecule has 1 atom stereocenters. The SMILES string of the molecule is CCc1nn(C)cc1CN1CCN[C@@H](C)C1. The number of nitrogens with one attached hydrogen (secondary N) is 1. The number of nitrogens with zero attached hydrogens (tertiary/aromatic N) is 3. The molecule has 1 N–H and O–H groups in total. The predicted octanol–water partition coefficient (Wildman–Crippen LogP) is 0.776. The Morgan fingerprint density at radius 2 is 2.38 bits per heavy atom. The molecule has 0 saturated carbocycles. The molecular formula is C12H22N4. The van der Waals surface area contributed by atoms with Gasteiger partial charge in [-0.1, -0.05) is 6.92 Å². The van der Waals surface area contributed by atoms with Crippen LogP contribution in [-0.4, -0.2) is 40.4 Å². The minimum absolute atomic E-state index is 0.607. The van der Waals surface area contributed by atoms with Gasteiger partial charge >= 0.3 is 0 Å². The molecule has 1 aliphatic rings. The van der Waals surface area contributed by atoms with E-state index in [1.54, 1.807) is 0 Å². The van der Waals surface area contributed by atoms with E-state index >= 15 is 0 Å². The average molecular weight is 222 g/mol. The number of hydrogen-bond acceptors (Lipinski definition) is 3. The van der Waals surface area contributed by atoms with E-state index in [0.29, 0.717) is 6.04 Å². The molecule has 16 heavy (non-hydrogen) atoms. The van der Waals surface area contributed by atoms with E-state index in [1.807, 2.05) is 11.7 Å². The molecule has 0 aromatic carbocycles. The second-order valence-corrected chi connectivity index (χ2v) is 4.72. The van der Waals surface area contributed by atoms with Crippen LogP contribution in [0, 0.1) is 0 Å². The molecule has 1 fully saturated rings. The Bertz CT molecular complexity index is 345. The van der Waals surface area contributed by atoms with Gasteiger partial charge in [-0.05, 0) is 13.3 Å². The van der Waals surface area contributed by atoms with Gasteiger partial charge in [-0.2, -0.15) is 5.10 Å². The van der Waals surface area contributed by atoms with Crippen LogP contribution >= 0.6 is 0 Å². The monoisotopic (exact) mass is 222 g/mol. The smallest absolute Gasteiger partial charge is 0.0666 e. The highest BCUT2D eigenvalue weighted by atomic mass is 15.3. The number of hydrogen-bond donors (Lipinski definition) is 1. The van der Waals surface area contributed by atoms with Crippen molar-refractivity contribution in [2.75, 3.05) is 19.6 Å². The van der Waals surface area contributed by atoms with Gasteiger partial charge in [0.25, 0.3) is 0 Å². The molecule has 2 heterocycles. The summed E-state index contributed by atoms with van der Waals surface area (Å²) in [6.07, 6.45) is 3.18. The summed E-state index contributed by atoms with van der Waals surface area (Å²) in [7, 11) is 2.00. The molecule has 1 aliphatic heterocycles. The molecule has 1 aromatic rings. The third kappa shape index (κ3) is 2.62. The second kappa shape index (κ2) is 4.97. The van der Waals surface area contributed by atoms with Gasteiger partial charge in [0, 0.05) is 51.0 Å². The Morgan fingerprint density at radius 1 is 1.56 bits per heavy atom. The molecule has 2 rings (SSSR count). The standard InChI is InChI=1S/C12H22N4/c1-4-12-11(8-15(3)14-12)9-16-6-5-13-10(2)7-16/h8,10,13H,4-7,9H2,1-3H3/t10-/m0/s1. The Morgan fingerprint density at radius 3 is 3.06 bits per heavy atom. The molecule has 0 radical (unpaired) electrons. The molecule has 1 saturated heterocycles. The Labute approximate surface area is 97.6 Å². The van der Waals surface area contributed by atoms with Gasteiger partial charge in [0.15, 0.2) is 0 Å². The van der Waals surface area contributed by atoms with Crippen LogP contribution in [0.15, 0.2) is 6.20 Å². The molecule has 0 spiro atoms. The van der Waals surface area contributed by atoms with E-state index in [0.717, 1.165) is 32.6 Å². The van der Waals surface area contributed by atoms with E-state index in [-0.39, 0.29) is 0 Å². The first kappa shape index (κ1) is 11.6. The van der Waals surface area contributed by atoms with Crippen LogP contribution in [0.5, 0.6) is 0 Å². The van der Waals surface area contributed by atoms with E-state index in [4.69, 9.17) is 0 Å². The predicted molar refractivity (Wildman–Crippen MR) is 65.3 cm³/mol. The Balaban J connectivity index is 2.02. The largest absolute Gasteiger partial charge is 0.312 e. The minimum Gasteiger partial charge on any atom is -0.312 e. The summed E-state index contributed by atoms with van der Waals surface area (Å²) >= 11 is 0. The first-order valence-corrected chi connectivity index (χ1v) is 6.16. The third-order valence-electron chi connectivity index (χ3n) is 3.17. The highest BCUT2D eigenvalue weighted by molar-refractivity contribution is 5.17. The van der Waals surface area contributed by atoms with Gasteiger partial charge in [0.05, 0.1) is 5.69 Å². The number of aromatic nitrogens is 2. The van der Waals surface area contributed by atoms with E-state index < -0.39 is 0 Å². The molecule has 90 valence electrons. The van der Waals surface area contributed by atoms with Crippen molar-refractivity contribution in [2.45, 2.75) is 32.9 Å². The van der Waals surface area contributed by atoms with Crippen LogP contribution < -0.4 is 5.32 Å². The molecule has 0 unspecified atom stereocenters. The fourth-order valence-electron chi connectivity index (χ4n) is 2.41. The van der Waals surface area contributed by atoms with Crippen molar-refractivity contribution < 1.29 is 0 Å². The number of aryl methyl sites for hydroxylation is 2. The summed E-state index contributed by atoms with van der Waals surface area (Å²) in [6.45, 7) is 8.84. The summed E-state index contributed by atoms with van der Waals surface area (Å²) in [4.78, 5) is 2.51. The summed E-state index contributed by atoms with van der Waals surface area (Å²) in [6, 6.07) is 0.607. The van der Waals surface area contributed by atoms with E-state index in [2.05, 4.69) is 35.4 Å². The Kier molecular flexibility index (Phi) is 3.61. The van der Waals surface area contributed by atoms with Gasteiger partial charge < -0.3 is 5.32 Å². The van der Waals surface area contributed by atoms with Gasteiger partial charge in [-0.15, -0.1) is 0 Å². The van der Waals surface area contributed by atoms with Crippen molar-refractivity contribution in [2.24, 2.45) is 7.05 Å². The second-order valence-electron chi connectivity index (χ2n) is 4.72. The quantitative estimate of drug-likeness (QED) is 0.820. The lowest BCUT2D eigenvalue weighted by molar-refractivity contribution is 0.199. The molecule has 4 nitrogen and oxygen atoms in total. The lowest BCUT2D eigenvalue weighted by Gasteiger charge is -2.31. The van der Waals surface area contributed by atoms with Gasteiger partial charge in [-0.3, -0.25) is 9.58 Å². The summed E-state index contributed by atoms with van der Waals surface area (Å²) in [5.41, 5.74) is 2.63. The third-order valence-corrected chi connectivity index (χ3v) is 3.17. The van der Waals surface area contributed by atoms with Crippen LogP contribution in [0.25, 0.3) is 0 Å². The van der Waals surface area contributed by atoms with Crippen LogP contribution in [0.2, 0.25) is 0 Å². The minimum atomic E-state index is 0.607. The lowest BCUT2D eigenvalue weighted by Crippen LogP contribution is -2.48. The number of piperazine rings is 1. The normalized spacial score (nSPS) is 22.6. The molecular weight excluding hydrogens is 200 g/mol. The van der Waals surface area contributed by atoms with Crippen molar-refractivity contribution in [1.82, 2.24) is 20.0 Å². The van der Waals surface area contributed by atoms with Crippen LogP contribution in [0.3, 0.4) is 0 Å². The highest BCUT2D eigenvalue weighted by Crippen LogP contribution is 2.12. The van der Waals surface area contributed by atoms with Crippen LogP contribution in [-0.2, 0) is 20.0 Å². The summed E-state index contributed by atoms with van der Waals surface area (Å²) < 4.78 is 1.93. The van der Waals surface area contributed by atoms with Crippen molar-refractivity contribution in [3.05, 3.63) is 17.5 Å². The van der Waals surface area contributed by atoms with Crippen LogP contribution in [0.1, 0.15) is 25.1 Å². The highest BCUT2D eigenvalue weighted by Gasteiger charge is 2.17. The van der Waals surface area contributed by atoms with Crippen molar-refractivity contribution in [3.8, 4) is 0 Å². The van der Waals surface area contributed by atoms with Gasteiger partial charge in [-0.25, -0.2) is 0 Å². The van der Waals surface area contributed by atoms with Crippen LogP contribution in [0.4, 0.5) is 0 Å². The van der Waals surface area contributed by atoms with Crippen molar-refractivity contribution in [3.63, 3.8) is 0 Å². The number of rotatable bonds is 3. The molecule has 4 heteroatoms. The molecule has 0 bridgehead atoms. The molecule has 0 aliphatic carbocycles. The fourth-order valence-corrected chi connectivity index (χ4v) is 2.41. The zero-order chi connectivity index (χ0) is 11.5. The first-order valence-electron chi connectivity index (χ1n) is 6.16. The maximum absolute atomic E-state index is 4.49. The molecule has 0 amide bonds. The van der Waals surface area contributed by atoms with Crippen molar-refractivity contribution >= 4 is 0 Å². The van der Waals surface area contributed by atoms with Gasteiger partial charge in [0.2, 0.25) is 0 Å². The van der Waals surface area contributed by atoms with E-state index in [1.165, 1.54) is 11.3 Å². The maximum atomic E-state index is 4.49. The average Bonchev–Trinajstić information content (AvgIpc) is 2.59. The lowest BCUT2D eigenvalue weighted by atomic mass is 10.1. The fraction of sp³-hybridized carbons (Fsp3) is 0.750. The Hall–Kier alpha value is -0.870. The summed E-state index contributed by atoms with van der Waals surface area (Å²) in [5.74, 6) is 0. The topological polar surface area (TPSA) is 33.1 Å². The zero-order valence-corrected chi connectivity index (χ0v) is 10.5. The first-order chi connectivity index (χ1) is 7.69. The van der Waals surface area contributed by atoms with Crippen molar-refractivity contribution in [1.29, 1.82) is 0 Å².